The second-order valence-electron chi connectivity index (χ2n) is 2.16. The molecular formula is C7H13NO. The zero-order chi connectivity index (χ0) is 7.28. The van der Waals surface area contributed by atoms with Crippen LogP contribution < -0.4 is 5.73 Å². The molecule has 0 aliphatic heterocycles. The highest BCUT2D eigenvalue weighted by molar-refractivity contribution is 5.50. The number of hydrogen-bond acceptors (Lipinski definition) is 2. The van der Waals surface area contributed by atoms with Crippen molar-refractivity contribution in [2.75, 3.05) is 0 Å². The van der Waals surface area contributed by atoms with E-state index in [-0.39, 0.29) is 12.0 Å². The van der Waals surface area contributed by atoms with Crippen molar-refractivity contribution in [3.63, 3.8) is 0 Å². The van der Waals surface area contributed by atoms with Crippen LogP contribution in [0, 0.1) is 5.92 Å². The van der Waals surface area contributed by atoms with Crippen LogP contribution in [0.4, 0.5) is 0 Å². The van der Waals surface area contributed by atoms with Crippen molar-refractivity contribution in [2.24, 2.45) is 11.7 Å². The van der Waals surface area contributed by atoms with Gasteiger partial charge in [0, 0.05) is 12.5 Å². The van der Waals surface area contributed by atoms with E-state index in [1.165, 1.54) is 0 Å². The van der Waals surface area contributed by atoms with Crippen LogP contribution in [-0.4, -0.2) is 12.3 Å². The summed E-state index contributed by atoms with van der Waals surface area (Å²) in [4.78, 5) is 9.92. The van der Waals surface area contributed by atoms with Gasteiger partial charge in [-0.1, -0.05) is 13.0 Å². The zero-order valence-electron chi connectivity index (χ0n) is 5.71. The molecule has 0 saturated heterocycles. The van der Waals surface area contributed by atoms with Gasteiger partial charge in [0.2, 0.25) is 0 Å². The normalized spacial score (nSPS) is 16.2. The van der Waals surface area contributed by atoms with Gasteiger partial charge in [0.25, 0.3) is 0 Å². The van der Waals surface area contributed by atoms with Crippen LogP contribution in [0.2, 0.25) is 0 Å². The molecule has 9 heavy (non-hydrogen) atoms. The molecule has 0 aromatic carbocycles. The first-order chi connectivity index (χ1) is 4.22. The topological polar surface area (TPSA) is 43.1 Å². The fourth-order valence-electron chi connectivity index (χ4n) is 0.501. The monoisotopic (exact) mass is 127 g/mol. The quantitative estimate of drug-likeness (QED) is 0.446. The lowest BCUT2D eigenvalue weighted by Crippen LogP contribution is -2.26. The van der Waals surface area contributed by atoms with E-state index in [1.807, 2.05) is 6.92 Å². The standard InChI is InChI=1S/C7H13NO/c1-3-6(2)7(8)4-5-9/h3,5-7H,1,4,8H2,2H3. The Morgan fingerprint density at radius 3 is 2.67 bits per heavy atom. The number of hydrogen-bond donors (Lipinski definition) is 1. The Morgan fingerprint density at radius 1 is 1.78 bits per heavy atom. The molecular weight excluding hydrogens is 114 g/mol. The van der Waals surface area contributed by atoms with Crippen LogP contribution in [0.15, 0.2) is 12.7 Å². The molecule has 0 spiro atoms. The Hall–Kier alpha value is -0.630. The molecule has 0 aliphatic rings. The van der Waals surface area contributed by atoms with Gasteiger partial charge in [0.1, 0.15) is 6.29 Å². The third-order valence-electron chi connectivity index (χ3n) is 1.42. The maximum Gasteiger partial charge on any atom is 0.121 e. The van der Waals surface area contributed by atoms with E-state index in [0.717, 1.165) is 6.29 Å². The molecule has 0 bridgehead atoms. The van der Waals surface area contributed by atoms with Gasteiger partial charge >= 0.3 is 0 Å². The van der Waals surface area contributed by atoms with Gasteiger partial charge in [-0.3, -0.25) is 0 Å². The molecule has 2 heteroatoms. The molecule has 2 unspecified atom stereocenters. The molecule has 0 aromatic rings. The highest BCUT2D eigenvalue weighted by Crippen LogP contribution is 2.02. The van der Waals surface area contributed by atoms with E-state index < -0.39 is 0 Å². The average Bonchev–Trinajstić information content (AvgIpc) is 1.87. The maximum absolute atomic E-state index is 9.92. The molecule has 0 amide bonds. The highest BCUT2D eigenvalue weighted by Gasteiger charge is 2.06. The maximum atomic E-state index is 9.92. The van der Waals surface area contributed by atoms with Crippen molar-refractivity contribution in [3.8, 4) is 0 Å². The molecule has 2 nitrogen and oxygen atoms in total. The molecule has 0 aliphatic carbocycles. The SMILES string of the molecule is C=CC(C)C(N)CC=O. The molecule has 2 N–H and O–H groups in total. The molecule has 0 radical (unpaired) electrons. The third-order valence-corrected chi connectivity index (χ3v) is 1.42. The minimum atomic E-state index is -0.0556. The van der Waals surface area contributed by atoms with Crippen LogP contribution in [0.3, 0.4) is 0 Å². The van der Waals surface area contributed by atoms with Crippen LogP contribution in [-0.2, 0) is 4.79 Å². The number of nitrogens with two attached hydrogens (primary N) is 1. The van der Waals surface area contributed by atoms with E-state index in [0.29, 0.717) is 6.42 Å². The predicted octanol–water partition coefficient (Wildman–Crippen LogP) is 0.725. The molecule has 0 rings (SSSR count). The van der Waals surface area contributed by atoms with Crippen molar-refractivity contribution in [1.82, 2.24) is 0 Å². The average molecular weight is 127 g/mol. The van der Waals surface area contributed by atoms with Crippen molar-refractivity contribution >= 4 is 6.29 Å². The van der Waals surface area contributed by atoms with E-state index >= 15 is 0 Å². The van der Waals surface area contributed by atoms with Gasteiger partial charge < -0.3 is 10.5 Å². The van der Waals surface area contributed by atoms with Gasteiger partial charge in [-0.15, -0.1) is 6.58 Å². The van der Waals surface area contributed by atoms with Crippen molar-refractivity contribution in [3.05, 3.63) is 12.7 Å². The molecule has 0 fully saturated rings. The smallest absolute Gasteiger partial charge is 0.121 e. The lowest BCUT2D eigenvalue weighted by atomic mass is 10.0. The van der Waals surface area contributed by atoms with Crippen molar-refractivity contribution in [2.45, 2.75) is 19.4 Å². The van der Waals surface area contributed by atoms with Gasteiger partial charge in [-0.25, -0.2) is 0 Å². The minimum absolute atomic E-state index is 0.0556. The minimum Gasteiger partial charge on any atom is -0.327 e. The summed E-state index contributed by atoms with van der Waals surface area (Å²) in [6, 6.07) is -0.0556. The zero-order valence-corrected chi connectivity index (χ0v) is 5.71. The number of carbonyl (C=O) groups excluding carboxylic acids is 1. The summed E-state index contributed by atoms with van der Waals surface area (Å²) in [5.41, 5.74) is 5.54. The molecule has 2 atom stereocenters. The second-order valence-corrected chi connectivity index (χ2v) is 2.16. The summed E-state index contributed by atoms with van der Waals surface area (Å²) in [6.07, 6.45) is 3.02. The van der Waals surface area contributed by atoms with Gasteiger partial charge in [-0.05, 0) is 5.92 Å². The first-order valence-corrected chi connectivity index (χ1v) is 3.04. The largest absolute Gasteiger partial charge is 0.327 e. The number of rotatable bonds is 4. The molecule has 0 saturated carbocycles. The summed E-state index contributed by atoms with van der Waals surface area (Å²) in [5.74, 6) is 0.232. The Labute approximate surface area is 55.7 Å². The summed E-state index contributed by atoms with van der Waals surface area (Å²) < 4.78 is 0. The Balaban J connectivity index is 3.56. The van der Waals surface area contributed by atoms with E-state index in [4.69, 9.17) is 5.73 Å². The van der Waals surface area contributed by atoms with Crippen molar-refractivity contribution < 1.29 is 4.79 Å². The Kier molecular flexibility index (Phi) is 3.97. The highest BCUT2D eigenvalue weighted by atomic mass is 16.1. The summed E-state index contributed by atoms with van der Waals surface area (Å²) in [7, 11) is 0. The molecule has 0 heterocycles. The number of aldehydes is 1. The molecule has 0 aromatic heterocycles. The van der Waals surface area contributed by atoms with Gasteiger partial charge in [0.05, 0.1) is 0 Å². The first kappa shape index (κ1) is 8.37. The fraction of sp³-hybridized carbons (Fsp3) is 0.571. The second kappa shape index (κ2) is 4.27. The van der Waals surface area contributed by atoms with E-state index in [9.17, 15) is 4.79 Å². The van der Waals surface area contributed by atoms with Crippen molar-refractivity contribution in [1.29, 1.82) is 0 Å². The lowest BCUT2D eigenvalue weighted by molar-refractivity contribution is -0.108. The number of carbonyl (C=O) groups is 1. The van der Waals surface area contributed by atoms with Gasteiger partial charge in [0.15, 0.2) is 0 Å². The van der Waals surface area contributed by atoms with E-state index in [2.05, 4.69) is 6.58 Å². The Morgan fingerprint density at radius 2 is 2.33 bits per heavy atom. The summed E-state index contributed by atoms with van der Waals surface area (Å²) >= 11 is 0. The van der Waals surface area contributed by atoms with Crippen LogP contribution in [0.1, 0.15) is 13.3 Å². The van der Waals surface area contributed by atoms with Crippen LogP contribution in [0.25, 0.3) is 0 Å². The molecule has 52 valence electrons. The third kappa shape index (κ3) is 3.03. The van der Waals surface area contributed by atoms with Gasteiger partial charge in [-0.2, -0.15) is 0 Å². The fourth-order valence-corrected chi connectivity index (χ4v) is 0.501. The first-order valence-electron chi connectivity index (χ1n) is 3.04. The summed E-state index contributed by atoms with van der Waals surface area (Å²) in [6.45, 7) is 5.51. The van der Waals surface area contributed by atoms with Crippen LogP contribution >= 0.6 is 0 Å². The van der Waals surface area contributed by atoms with E-state index in [1.54, 1.807) is 6.08 Å². The van der Waals surface area contributed by atoms with Crippen LogP contribution in [0.5, 0.6) is 0 Å². The lowest BCUT2D eigenvalue weighted by Gasteiger charge is -2.11. The summed E-state index contributed by atoms with van der Waals surface area (Å²) in [5, 5.41) is 0. The Bertz CT molecular complexity index is 101. The predicted molar refractivity (Wildman–Crippen MR) is 38.0 cm³/mol.